The van der Waals surface area contributed by atoms with Gasteiger partial charge in [-0.15, -0.1) is 0 Å². The number of hydrogen-bond acceptors (Lipinski definition) is 2. The molecule has 0 amide bonds. The van der Waals surface area contributed by atoms with Crippen molar-refractivity contribution in [3.8, 4) is 0 Å². The van der Waals surface area contributed by atoms with E-state index in [4.69, 9.17) is 11.6 Å². The van der Waals surface area contributed by atoms with Gasteiger partial charge in [-0.2, -0.15) is 0 Å². The van der Waals surface area contributed by atoms with Gasteiger partial charge in [0.15, 0.2) is 0 Å². The number of benzene rings is 2. The van der Waals surface area contributed by atoms with Gasteiger partial charge in [-0.3, -0.25) is 4.72 Å². The van der Waals surface area contributed by atoms with Crippen molar-refractivity contribution in [2.24, 2.45) is 0 Å². The normalized spacial score (nSPS) is 11.5. The van der Waals surface area contributed by atoms with Crippen LogP contribution in [-0.2, 0) is 10.0 Å². The quantitative estimate of drug-likeness (QED) is 0.687. The van der Waals surface area contributed by atoms with Gasteiger partial charge < -0.3 is 0 Å². The molecule has 0 saturated heterocycles. The number of aryl methyl sites for hydroxylation is 2. The van der Waals surface area contributed by atoms with Crippen molar-refractivity contribution in [1.29, 1.82) is 0 Å². The second-order valence-electron chi connectivity index (χ2n) is 4.61. The topological polar surface area (TPSA) is 46.2 Å². The van der Waals surface area contributed by atoms with Gasteiger partial charge in [0.25, 0.3) is 10.0 Å². The van der Waals surface area contributed by atoms with Crippen LogP contribution in [0, 0.1) is 13.8 Å². The lowest BCUT2D eigenvalue weighted by atomic mass is 10.2. The Morgan fingerprint density at radius 1 is 1.05 bits per heavy atom. The van der Waals surface area contributed by atoms with E-state index in [1.54, 1.807) is 30.3 Å². The van der Waals surface area contributed by atoms with E-state index < -0.39 is 10.0 Å². The second-order valence-corrected chi connectivity index (χ2v) is 8.34. The second kappa shape index (κ2) is 6.28. The summed E-state index contributed by atoms with van der Waals surface area (Å²) >= 11 is 12.7. The van der Waals surface area contributed by atoms with E-state index in [2.05, 4.69) is 36.6 Å². The van der Waals surface area contributed by atoms with Gasteiger partial charge in [0.2, 0.25) is 0 Å². The average molecular weight is 454 g/mol. The summed E-state index contributed by atoms with van der Waals surface area (Å²) in [6.45, 7) is 3.71. The first-order chi connectivity index (χ1) is 9.70. The maximum Gasteiger partial charge on any atom is 0.261 e. The zero-order valence-corrected chi connectivity index (χ0v) is 16.0. The highest BCUT2D eigenvalue weighted by Gasteiger charge is 2.17. The van der Waals surface area contributed by atoms with Crippen molar-refractivity contribution < 1.29 is 8.42 Å². The summed E-state index contributed by atoms with van der Waals surface area (Å²) in [5, 5.41) is 0.443. The third-order valence-electron chi connectivity index (χ3n) is 2.89. The van der Waals surface area contributed by atoms with Crippen LogP contribution in [0.2, 0.25) is 5.02 Å². The molecule has 0 aliphatic carbocycles. The van der Waals surface area contributed by atoms with Crippen LogP contribution in [0.1, 0.15) is 11.1 Å². The molecule has 7 heteroatoms. The van der Waals surface area contributed by atoms with Crippen LogP contribution in [0.3, 0.4) is 0 Å². The number of hydrogen-bond donors (Lipinski definition) is 1. The molecule has 0 unspecified atom stereocenters. The van der Waals surface area contributed by atoms with Crippen molar-refractivity contribution in [2.45, 2.75) is 18.7 Å². The van der Waals surface area contributed by atoms with Crippen LogP contribution in [0.15, 0.2) is 44.2 Å². The van der Waals surface area contributed by atoms with Crippen LogP contribution >= 0.6 is 43.5 Å². The molecule has 0 saturated carbocycles. The van der Waals surface area contributed by atoms with E-state index in [9.17, 15) is 8.42 Å². The van der Waals surface area contributed by atoms with Crippen LogP contribution in [-0.4, -0.2) is 8.42 Å². The van der Waals surface area contributed by atoms with Gasteiger partial charge in [-0.25, -0.2) is 8.42 Å². The minimum atomic E-state index is -3.65. The molecule has 0 aromatic heterocycles. The smallest absolute Gasteiger partial charge is 0.261 e. The van der Waals surface area contributed by atoms with Crippen LogP contribution in [0.4, 0.5) is 5.69 Å². The number of sulfonamides is 1. The summed E-state index contributed by atoms with van der Waals surface area (Å²) < 4.78 is 29.0. The van der Waals surface area contributed by atoms with Gasteiger partial charge in [-0.1, -0.05) is 27.5 Å². The predicted octanol–water partition coefficient (Wildman–Crippen LogP) is 5.28. The summed E-state index contributed by atoms with van der Waals surface area (Å²) in [6.07, 6.45) is 0. The average Bonchev–Trinajstić information content (AvgIpc) is 2.39. The molecule has 2 aromatic carbocycles. The molecule has 0 aliphatic heterocycles. The Morgan fingerprint density at radius 3 is 2.14 bits per heavy atom. The fraction of sp³-hybridized carbons (Fsp3) is 0.143. The van der Waals surface area contributed by atoms with E-state index in [0.29, 0.717) is 15.2 Å². The van der Waals surface area contributed by atoms with E-state index in [-0.39, 0.29) is 4.90 Å². The molecular formula is C14H12Br2ClNO2S. The molecule has 2 rings (SSSR count). The summed E-state index contributed by atoms with van der Waals surface area (Å²) in [5.41, 5.74) is 2.15. The van der Waals surface area contributed by atoms with E-state index in [1.165, 1.54) is 0 Å². The van der Waals surface area contributed by atoms with Crippen molar-refractivity contribution in [1.82, 2.24) is 0 Å². The van der Waals surface area contributed by atoms with Gasteiger partial charge in [0.05, 0.1) is 15.6 Å². The Balaban J connectivity index is 2.40. The lowest BCUT2D eigenvalue weighted by Gasteiger charge is -2.11. The first kappa shape index (κ1) is 16.8. The Labute approximate surface area is 146 Å². The lowest BCUT2D eigenvalue weighted by molar-refractivity contribution is 0.601. The van der Waals surface area contributed by atoms with E-state index in [1.807, 2.05) is 13.8 Å². The summed E-state index contributed by atoms with van der Waals surface area (Å²) in [5.74, 6) is 0. The summed E-state index contributed by atoms with van der Waals surface area (Å²) in [7, 11) is -3.65. The molecule has 0 bridgehead atoms. The summed E-state index contributed by atoms with van der Waals surface area (Å²) in [6, 6.07) is 8.14. The minimum Gasteiger partial charge on any atom is -0.280 e. The molecule has 0 fully saturated rings. The monoisotopic (exact) mass is 451 g/mol. The zero-order chi connectivity index (χ0) is 15.8. The number of nitrogens with one attached hydrogen (secondary N) is 1. The van der Waals surface area contributed by atoms with Crippen molar-refractivity contribution >= 4 is 59.2 Å². The first-order valence-electron chi connectivity index (χ1n) is 5.95. The van der Waals surface area contributed by atoms with Gasteiger partial charge in [0.1, 0.15) is 0 Å². The summed E-state index contributed by atoms with van der Waals surface area (Å²) in [4.78, 5) is 0.222. The van der Waals surface area contributed by atoms with Gasteiger partial charge >= 0.3 is 0 Å². The third kappa shape index (κ3) is 3.80. The molecule has 21 heavy (non-hydrogen) atoms. The van der Waals surface area contributed by atoms with Gasteiger partial charge in [0, 0.05) is 8.95 Å². The largest absolute Gasteiger partial charge is 0.280 e. The minimum absolute atomic E-state index is 0.222. The number of halogens is 3. The highest BCUT2D eigenvalue weighted by atomic mass is 79.9. The Kier molecular flexibility index (Phi) is 5.03. The lowest BCUT2D eigenvalue weighted by Crippen LogP contribution is -2.13. The van der Waals surface area contributed by atoms with Crippen LogP contribution in [0.5, 0.6) is 0 Å². The molecule has 2 aromatic rings. The van der Waals surface area contributed by atoms with Crippen molar-refractivity contribution in [3.05, 3.63) is 55.4 Å². The maximum atomic E-state index is 12.4. The molecule has 0 heterocycles. The highest BCUT2D eigenvalue weighted by molar-refractivity contribution is 9.10. The van der Waals surface area contributed by atoms with Gasteiger partial charge in [-0.05, 0) is 71.2 Å². The molecule has 0 aliphatic rings. The Morgan fingerprint density at radius 2 is 1.62 bits per heavy atom. The third-order valence-corrected chi connectivity index (χ3v) is 6.74. The molecule has 3 nitrogen and oxygen atoms in total. The Hall–Kier alpha value is -0.560. The molecule has 112 valence electrons. The molecule has 1 N–H and O–H groups in total. The fourth-order valence-corrected chi connectivity index (χ4v) is 3.71. The highest BCUT2D eigenvalue weighted by Crippen LogP contribution is 2.28. The molecule has 0 atom stereocenters. The zero-order valence-electron chi connectivity index (χ0n) is 11.2. The number of rotatable bonds is 3. The fourth-order valence-electron chi connectivity index (χ4n) is 1.84. The van der Waals surface area contributed by atoms with Crippen LogP contribution < -0.4 is 4.72 Å². The van der Waals surface area contributed by atoms with Crippen LogP contribution in [0.25, 0.3) is 0 Å². The van der Waals surface area contributed by atoms with E-state index in [0.717, 1.165) is 15.6 Å². The van der Waals surface area contributed by atoms with Crippen molar-refractivity contribution in [2.75, 3.05) is 4.72 Å². The molecular weight excluding hydrogens is 441 g/mol. The number of anilines is 1. The standard InChI is InChI=1S/C14H12Br2ClNO2S/c1-8-5-11(6-9(2)14(8)16)21(19,20)18-10-3-4-12(15)13(17)7-10/h3-7,18H,1-2H3. The predicted molar refractivity (Wildman–Crippen MR) is 93.6 cm³/mol. The first-order valence-corrected chi connectivity index (χ1v) is 9.40. The molecule has 0 spiro atoms. The molecule has 0 radical (unpaired) electrons. The van der Waals surface area contributed by atoms with Crippen molar-refractivity contribution in [3.63, 3.8) is 0 Å². The Bertz CT molecular complexity index is 784. The maximum absolute atomic E-state index is 12.4. The SMILES string of the molecule is Cc1cc(S(=O)(=O)Nc2ccc(Br)c(Cl)c2)cc(C)c1Br. The van der Waals surface area contributed by atoms with E-state index >= 15 is 0 Å².